The molecule has 0 spiro atoms. The fourth-order valence-electron chi connectivity index (χ4n) is 0. The molecule has 13 heteroatoms. The van der Waals surface area contributed by atoms with E-state index in [0.29, 0.717) is 0 Å². The summed E-state index contributed by atoms with van der Waals surface area (Å²) < 4.78 is 0. The Morgan fingerprint density at radius 2 is 0.385 bits per heavy atom. The van der Waals surface area contributed by atoms with Crippen molar-refractivity contribution in [3.63, 3.8) is 0 Å². The normalized spacial score (nSPS) is 0. The zero-order valence-electron chi connectivity index (χ0n) is 5.25. The third kappa shape index (κ3) is 104. The van der Waals surface area contributed by atoms with Crippen molar-refractivity contribution in [1.29, 1.82) is 0 Å². The fourth-order valence-corrected chi connectivity index (χ4v) is 0. The van der Waals surface area contributed by atoms with E-state index in [-0.39, 0.29) is 269 Å². The average molecular weight is 953 g/mol. The van der Waals surface area contributed by atoms with Gasteiger partial charge < -0.3 is 27.4 Å². The molecule has 0 aromatic rings. The van der Waals surface area contributed by atoms with Crippen LogP contribution in [-0.2, 0) is 72.1 Å². The maximum atomic E-state index is 0. The Bertz CT molecular complexity index is 28.5. The first kappa shape index (κ1) is 136. The van der Waals surface area contributed by atoms with E-state index in [1.54, 1.807) is 0 Å². The standard InChI is InChI=1S/2Al.2La.5O.2Sr.2Ta.4H/q;;;;5*-2;;;2*+5;;;;. The van der Waals surface area contributed by atoms with Crippen LogP contribution in [0, 0.1) is 71.2 Å². The van der Waals surface area contributed by atoms with Crippen molar-refractivity contribution in [2.75, 3.05) is 0 Å². The number of hydrogen-bond acceptors (Lipinski definition) is 0. The fraction of sp³-hybridized carbons (Fsp3) is 0. The monoisotopic (exact) mass is 953 g/mol. The largest absolute Gasteiger partial charge is 5.00 e. The third-order valence-corrected chi connectivity index (χ3v) is 0. The van der Waals surface area contributed by atoms with Crippen molar-refractivity contribution in [2.45, 2.75) is 0 Å². The van der Waals surface area contributed by atoms with Gasteiger partial charge >= 0.3 is 136 Å². The van der Waals surface area contributed by atoms with Crippen molar-refractivity contribution < 1.29 is 143 Å². The van der Waals surface area contributed by atoms with E-state index in [1.807, 2.05) is 0 Å². The van der Waals surface area contributed by atoms with Gasteiger partial charge in [0.2, 0.25) is 0 Å². The Morgan fingerprint density at radius 3 is 0.385 bits per heavy atom. The summed E-state index contributed by atoms with van der Waals surface area (Å²) in [7, 11) is 0. The van der Waals surface area contributed by atoms with E-state index in [0.717, 1.165) is 0 Å². The van der Waals surface area contributed by atoms with Gasteiger partial charge in [-0.2, -0.15) is 0 Å². The van der Waals surface area contributed by atoms with Crippen LogP contribution in [0.2, 0.25) is 0 Å². The molecule has 0 rings (SSSR count). The van der Waals surface area contributed by atoms with E-state index in [2.05, 4.69) is 0 Å². The van der Waals surface area contributed by atoms with Crippen LogP contribution >= 0.6 is 0 Å². The molecule has 0 aliphatic carbocycles. The molecule has 0 fully saturated rings. The van der Waals surface area contributed by atoms with Gasteiger partial charge in [0.1, 0.15) is 0 Å². The van der Waals surface area contributed by atoms with Gasteiger partial charge in [-0.1, -0.05) is 0 Å². The Hall–Kier alpha value is 7.70. The van der Waals surface area contributed by atoms with Gasteiger partial charge in [0, 0.05) is 106 Å². The molecule has 0 atom stereocenters. The molecular formula is H4Al2La2O5Sr2Ta2. The predicted octanol–water partition coefficient (Wildman–Crippen LogP) is -3.19. The molecule has 0 saturated carbocycles. The molecule has 0 heterocycles. The van der Waals surface area contributed by atoms with E-state index in [1.165, 1.54) is 0 Å². The summed E-state index contributed by atoms with van der Waals surface area (Å²) in [5.74, 6) is 0. The second-order valence-corrected chi connectivity index (χ2v) is 0. The SMILES string of the molecule is [Al].[Al].[La].[La].[O-2].[O-2].[O-2].[O-2].[O-2].[SrH2].[SrH2].[Ta+5].[Ta+5]. The molecule has 0 aliphatic heterocycles. The Kier molecular flexibility index (Phi) is 1210. The van der Waals surface area contributed by atoms with Crippen LogP contribution in [0.1, 0.15) is 0 Å². The predicted molar refractivity (Wildman–Crippen MR) is 32.0 cm³/mol. The minimum absolute atomic E-state index is 0. The van der Waals surface area contributed by atoms with Crippen LogP contribution in [0.15, 0.2) is 0 Å². The molecule has 13 heavy (non-hydrogen) atoms. The summed E-state index contributed by atoms with van der Waals surface area (Å²) in [5, 5.41) is 0. The van der Waals surface area contributed by atoms with Crippen LogP contribution in [0.5, 0.6) is 0 Å². The molecule has 0 unspecified atom stereocenters. The third-order valence-electron chi connectivity index (χ3n) is 0. The number of hydrogen-bond donors (Lipinski definition) is 0. The van der Waals surface area contributed by atoms with E-state index in [9.17, 15) is 0 Å². The van der Waals surface area contributed by atoms with Crippen molar-refractivity contribution in [3.05, 3.63) is 0 Å². The Balaban J connectivity index is 0. The average Bonchev–Trinajstić information content (AvgIpc) is 0. The van der Waals surface area contributed by atoms with Crippen molar-refractivity contribution >= 4 is 126 Å². The summed E-state index contributed by atoms with van der Waals surface area (Å²) in [4.78, 5) is 0. The topological polar surface area (TPSA) is 142 Å². The van der Waals surface area contributed by atoms with Gasteiger partial charge in [-0.3, -0.25) is 0 Å². The molecule has 0 aromatic carbocycles. The molecule has 60 valence electrons. The quantitative estimate of drug-likeness (QED) is 0.226. The molecule has 0 aromatic heterocycles. The zero-order chi connectivity index (χ0) is 0. The Labute approximate surface area is 261 Å². The van der Waals surface area contributed by atoms with Crippen molar-refractivity contribution in [1.82, 2.24) is 0 Å². The zero-order valence-corrected chi connectivity index (χ0v) is 21.2. The molecular weight excluding hydrogens is 949 g/mol. The first-order chi connectivity index (χ1) is 0. The Morgan fingerprint density at radius 1 is 0.385 bits per heavy atom. The summed E-state index contributed by atoms with van der Waals surface area (Å²) in [6.45, 7) is 0. The minimum atomic E-state index is 0. The minimum Gasteiger partial charge on any atom is 5.00 e. The number of rotatable bonds is 0. The molecule has 0 N–H and O–H groups in total. The van der Waals surface area contributed by atoms with Crippen LogP contribution in [-0.4, -0.2) is 126 Å². The second kappa shape index (κ2) is 116. The van der Waals surface area contributed by atoms with Gasteiger partial charge in [-0.15, -0.1) is 0 Å². The van der Waals surface area contributed by atoms with Gasteiger partial charge in [0.25, 0.3) is 0 Å². The first-order valence-corrected chi connectivity index (χ1v) is 0. The summed E-state index contributed by atoms with van der Waals surface area (Å²) in [6, 6.07) is 0. The maximum absolute atomic E-state index is 0. The summed E-state index contributed by atoms with van der Waals surface area (Å²) in [6.07, 6.45) is 0. The van der Waals surface area contributed by atoms with Crippen LogP contribution < -0.4 is 0 Å². The molecule has 0 saturated heterocycles. The molecule has 0 amide bonds. The second-order valence-electron chi connectivity index (χ2n) is 0. The molecule has 8 radical (unpaired) electrons. The van der Waals surface area contributed by atoms with Crippen molar-refractivity contribution in [3.8, 4) is 0 Å². The van der Waals surface area contributed by atoms with Crippen LogP contribution in [0.4, 0.5) is 0 Å². The van der Waals surface area contributed by atoms with Crippen LogP contribution in [0.3, 0.4) is 0 Å². The van der Waals surface area contributed by atoms with Gasteiger partial charge in [0.05, 0.1) is 0 Å². The van der Waals surface area contributed by atoms with Crippen LogP contribution in [0.25, 0.3) is 0 Å². The summed E-state index contributed by atoms with van der Waals surface area (Å²) in [5.41, 5.74) is 0. The molecule has 0 bridgehead atoms. The van der Waals surface area contributed by atoms with E-state index in [4.69, 9.17) is 0 Å². The first-order valence-electron chi connectivity index (χ1n) is 0. The summed E-state index contributed by atoms with van der Waals surface area (Å²) >= 11 is 0. The van der Waals surface area contributed by atoms with Crippen molar-refractivity contribution in [2.24, 2.45) is 0 Å². The van der Waals surface area contributed by atoms with E-state index < -0.39 is 0 Å². The maximum Gasteiger partial charge on any atom is 5.00 e. The van der Waals surface area contributed by atoms with Gasteiger partial charge in [-0.25, -0.2) is 0 Å². The smallest absolute Gasteiger partial charge is 5.00 e. The van der Waals surface area contributed by atoms with Gasteiger partial charge in [-0.05, 0) is 0 Å². The van der Waals surface area contributed by atoms with E-state index >= 15 is 0 Å². The molecule has 5 nitrogen and oxygen atoms in total. The van der Waals surface area contributed by atoms with Gasteiger partial charge in [0.15, 0.2) is 0 Å². The molecule has 0 aliphatic rings.